The third-order valence-electron chi connectivity index (χ3n) is 6.56. The molecule has 1 aliphatic rings. The van der Waals surface area contributed by atoms with Crippen LogP contribution in [0.5, 0.6) is 0 Å². The number of hydrogen-bond acceptors (Lipinski definition) is 6. The molecule has 0 amide bonds. The standard InChI is InChI=1S/C27H32N6.CH6N2/c28-26(29)20-10-11-22-23(17-20)32-24-18-21(16-19-8-3-1-4-9-19)31-27(25(22)24)30-12-7-15-33-13-5-2-6-14-33;1-3-2/h1,3-4,8-11,17-18,32H,2,5-7,12-16H2,(H3,28,29)(H,30,31);3H,2H2,1H3. The van der Waals surface area contributed by atoms with Gasteiger partial charge in [-0.1, -0.05) is 48.9 Å². The van der Waals surface area contributed by atoms with Gasteiger partial charge in [0, 0.05) is 40.5 Å². The Morgan fingerprint density at radius 1 is 1.06 bits per heavy atom. The van der Waals surface area contributed by atoms with Crippen LogP contribution in [-0.2, 0) is 6.42 Å². The number of nitrogens with zero attached hydrogens (tertiary/aromatic N) is 2. The molecule has 5 rings (SSSR count). The van der Waals surface area contributed by atoms with Crippen molar-refractivity contribution >= 4 is 33.5 Å². The number of anilines is 1. The minimum atomic E-state index is 0.0782. The molecule has 4 aromatic rings. The summed E-state index contributed by atoms with van der Waals surface area (Å²) < 4.78 is 0. The lowest BCUT2D eigenvalue weighted by atomic mass is 10.1. The summed E-state index contributed by atoms with van der Waals surface area (Å²) in [6.45, 7) is 4.49. The van der Waals surface area contributed by atoms with Crippen LogP contribution >= 0.6 is 0 Å². The van der Waals surface area contributed by atoms with E-state index in [0.717, 1.165) is 64.8 Å². The Hall–Kier alpha value is -3.46. The molecule has 0 aliphatic carbocycles. The molecule has 36 heavy (non-hydrogen) atoms. The number of piperidine rings is 1. The van der Waals surface area contributed by atoms with Crippen LogP contribution in [0.1, 0.15) is 42.5 Å². The van der Waals surface area contributed by atoms with Gasteiger partial charge < -0.3 is 20.9 Å². The molecule has 8 heteroatoms. The van der Waals surface area contributed by atoms with Crippen LogP contribution < -0.4 is 22.3 Å². The predicted octanol–water partition coefficient (Wildman–Crippen LogP) is 3.96. The normalized spacial score (nSPS) is 13.9. The molecule has 0 unspecified atom stereocenters. The Labute approximate surface area is 212 Å². The lowest BCUT2D eigenvalue weighted by molar-refractivity contribution is 0.228. The van der Waals surface area contributed by atoms with Crippen molar-refractivity contribution in [2.24, 2.45) is 11.6 Å². The second-order valence-electron chi connectivity index (χ2n) is 9.32. The molecule has 8 N–H and O–H groups in total. The monoisotopic (exact) mass is 486 g/mol. The van der Waals surface area contributed by atoms with Gasteiger partial charge in [0.1, 0.15) is 11.7 Å². The summed E-state index contributed by atoms with van der Waals surface area (Å²) in [7, 11) is 1.65. The first-order valence-corrected chi connectivity index (χ1v) is 12.8. The van der Waals surface area contributed by atoms with Crippen molar-refractivity contribution in [1.82, 2.24) is 20.3 Å². The van der Waals surface area contributed by atoms with Crippen LogP contribution in [0, 0.1) is 5.41 Å². The van der Waals surface area contributed by atoms with Gasteiger partial charge in [-0.25, -0.2) is 4.98 Å². The molecule has 190 valence electrons. The molecule has 2 aromatic carbocycles. The lowest BCUT2D eigenvalue weighted by Crippen LogP contribution is -2.31. The van der Waals surface area contributed by atoms with Crippen LogP contribution in [0.2, 0.25) is 0 Å². The van der Waals surface area contributed by atoms with Gasteiger partial charge in [-0.2, -0.15) is 0 Å². The summed E-state index contributed by atoms with van der Waals surface area (Å²) in [5.41, 5.74) is 13.0. The topological polar surface area (TPSA) is 132 Å². The predicted molar refractivity (Wildman–Crippen MR) is 151 cm³/mol. The summed E-state index contributed by atoms with van der Waals surface area (Å²) in [4.78, 5) is 11.2. The Morgan fingerprint density at radius 2 is 1.81 bits per heavy atom. The second-order valence-corrected chi connectivity index (χ2v) is 9.32. The Kier molecular flexibility index (Phi) is 8.89. The molecule has 0 spiro atoms. The largest absolute Gasteiger partial charge is 0.384 e. The molecule has 8 nitrogen and oxygen atoms in total. The number of nitrogens with two attached hydrogens (primary N) is 2. The van der Waals surface area contributed by atoms with Gasteiger partial charge in [0.25, 0.3) is 0 Å². The Balaban J connectivity index is 0.000000967. The number of nitrogen functional groups attached to an aromatic ring is 1. The lowest BCUT2D eigenvalue weighted by Gasteiger charge is -2.26. The second kappa shape index (κ2) is 12.5. The molecule has 1 fully saturated rings. The third-order valence-corrected chi connectivity index (χ3v) is 6.56. The minimum Gasteiger partial charge on any atom is -0.384 e. The maximum absolute atomic E-state index is 7.78. The first-order valence-electron chi connectivity index (χ1n) is 12.8. The number of aromatic amines is 1. The van der Waals surface area contributed by atoms with Crippen LogP contribution in [0.15, 0.2) is 54.6 Å². The minimum absolute atomic E-state index is 0.0782. The number of fused-ring (bicyclic) bond motifs is 3. The average molecular weight is 487 g/mol. The van der Waals surface area contributed by atoms with E-state index in [1.807, 2.05) is 24.3 Å². The van der Waals surface area contributed by atoms with Gasteiger partial charge >= 0.3 is 0 Å². The number of H-pyrrole nitrogens is 1. The van der Waals surface area contributed by atoms with Gasteiger partial charge in [-0.3, -0.25) is 16.7 Å². The van der Waals surface area contributed by atoms with E-state index in [-0.39, 0.29) is 5.84 Å². The smallest absolute Gasteiger partial charge is 0.136 e. The zero-order valence-electron chi connectivity index (χ0n) is 21.1. The molecule has 2 aromatic heterocycles. The highest BCUT2D eigenvalue weighted by Gasteiger charge is 2.14. The summed E-state index contributed by atoms with van der Waals surface area (Å²) in [5, 5.41) is 13.6. The number of benzene rings is 2. The van der Waals surface area contributed by atoms with Gasteiger partial charge in [0.2, 0.25) is 0 Å². The fourth-order valence-corrected chi connectivity index (χ4v) is 4.86. The summed E-state index contributed by atoms with van der Waals surface area (Å²) in [6, 6.07) is 18.5. The summed E-state index contributed by atoms with van der Waals surface area (Å²) in [6.07, 6.45) is 5.91. The Bertz CT molecular complexity index is 1280. The van der Waals surface area contributed by atoms with E-state index in [2.05, 4.69) is 56.8 Å². The van der Waals surface area contributed by atoms with E-state index in [1.165, 1.54) is 37.9 Å². The molecule has 0 atom stereocenters. The summed E-state index contributed by atoms with van der Waals surface area (Å²) >= 11 is 0. The molecular weight excluding hydrogens is 448 g/mol. The first-order chi connectivity index (χ1) is 17.6. The first kappa shape index (κ1) is 25.6. The van der Waals surface area contributed by atoms with Crippen molar-refractivity contribution in [1.29, 1.82) is 5.41 Å². The number of likely N-dealkylation sites (tertiary alicyclic amines) is 1. The van der Waals surface area contributed by atoms with Crippen molar-refractivity contribution in [3.05, 3.63) is 71.4 Å². The van der Waals surface area contributed by atoms with Crippen molar-refractivity contribution in [3.8, 4) is 0 Å². The zero-order chi connectivity index (χ0) is 25.3. The number of rotatable bonds is 8. The number of aromatic nitrogens is 2. The molecule has 0 saturated carbocycles. The van der Waals surface area contributed by atoms with Crippen LogP contribution in [0.25, 0.3) is 21.8 Å². The molecule has 0 radical (unpaired) electrons. The van der Waals surface area contributed by atoms with Crippen LogP contribution in [0.4, 0.5) is 5.82 Å². The average Bonchev–Trinajstić information content (AvgIpc) is 3.26. The maximum Gasteiger partial charge on any atom is 0.136 e. The molecular formula is C28H38N8. The third kappa shape index (κ3) is 6.40. The fourth-order valence-electron chi connectivity index (χ4n) is 4.86. The number of nitrogens with one attached hydrogen (secondary N) is 4. The highest BCUT2D eigenvalue weighted by atomic mass is 15.2. The van der Waals surface area contributed by atoms with E-state index in [9.17, 15) is 0 Å². The highest BCUT2D eigenvalue weighted by Crippen LogP contribution is 2.32. The molecule has 0 bridgehead atoms. The molecule has 1 aliphatic heterocycles. The van der Waals surface area contributed by atoms with Gasteiger partial charge in [-0.05, 0) is 63.6 Å². The van der Waals surface area contributed by atoms with E-state index < -0.39 is 0 Å². The molecule has 3 heterocycles. The maximum atomic E-state index is 7.78. The summed E-state index contributed by atoms with van der Waals surface area (Å²) in [5.74, 6) is 5.61. The van der Waals surface area contributed by atoms with Gasteiger partial charge in [0.05, 0.1) is 5.52 Å². The van der Waals surface area contributed by atoms with Crippen LogP contribution in [-0.4, -0.2) is 53.9 Å². The van der Waals surface area contributed by atoms with E-state index in [0.29, 0.717) is 0 Å². The van der Waals surface area contributed by atoms with E-state index in [4.69, 9.17) is 16.1 Å². The van der Waals surface area contributed by atoms with E-state index >= 15 is 0 Å². The Morgan fingerprint density at radius 3 is 2.53 bits per heavy atom. The zero-order valence-corrected chi connectivity index (χ0v) is 21.1. The van der Waals surface area contributed by atoms with Gasteiger partial charge in [0.15, 0.2) is 0 Å². The number of hydrogen-bond donors (Lipinski definition) is 6. The van der Waals surface area contributed by atoms with Crippen molar-refractivity contribution < 1.29 is 0 Å². The number of amidine groups is 1. The number of pyridine rings is 1. The van der Waals surface area contributed by atoms with Crippen molar-refractivity contribution in [3.63, 3.8) is 0 Å². The van der Waals surface area contributed by atoms with Crippen LogP contribution in [0.3, 0.4) is 0 Å². The quantitative estimate of drug-likeness (QED) is 0.0735. The SMILES string of the molecule is CNN.N=C(N)c1ccc2c(c1)[nH]c1cc(Cc3ccccc3)nc(NCCCN3CCCCC3)c12. The molecule has 1 saturated heterocycles. The van der Waals surface area contributed by atoms with E-state index in [1.54, 1.807) is 7.05 Å². The van der Waals surface area contributed by atoms with Crippen molar-refractivity contribution in [2.45, 2.75) is 32.1 Å². The number of hydrazine groups is 1. The van der Waals surface area contributed by atoms with Gasteiger partial charge in [-0.15, -0.1) is 0 Å². The fraction of sp³-hybridized carbons (Fsp3) is 0.357. The van der Waals surface area contributed by atoms with Crippen molar-refractivity contribution in [2.75, 3.05) is 38.5 Å². The highest BCUT2D eigenvalue weighted by molar-refractivity contribution is 6.14.